The molecule has 2 unspecified atom stereocenters. The number of hydrogen-bond acceptors (Lipinski definition) is 4. The van der Waals surface area contributed by atoms with Crippen LogP contribution >= 0.6 is 35.9 Å². The molecule has 1 aromatic heterocycles. The van der Waals surface area contributed by atoms with Crippen LogP contribution in [0.1, 0.15) is 75.9 Å². The molecule has 6 heteroatoms. The van der Waals surface area contributed by atoms with E-state index in [1.807, 2.05) is 11.8 Å². The average Bonchev–Trinajstić information content (AvgIpc) is 3.39. The fourth-order valence-electron chi connectivity index (χ4n) is 8.40. The van der Waals surface area contributed by atoms with Crippen LogP contribution in [0.25, 0.3) is 21.9 Å². The number of hydrogen-bond donors (Lipinski definition) is 0. The molecule has 1 heterocycles. The van der Waals surface area contributed by atoms with Gasteiger partial charge in [0.2, 0.25) is 0 Å². The number of thioether (sulfide) groups is 1. The average molecular weight is 797 g/mol. The van der Waals surface area contributed by atoms with E-state index in [1.54, 1.807) is 0 Å². The molecule has 2 atom stereocenters. The Bertz CT molecular complexity index is 2300. The standard InChI is InChI=1S/C47H43BrNO2PS/c48-38-26-28-39(29-27-38)53-47(37-20-8-3-9-21-37)46(36-18-6-2-7-19-36)49(32-33-14-4-1-5-15-33)52-50-42-30-24-34-16-10-12-22-40(34)44(42)45-41-23-13-11-17-35(41)25-31-43(45)51-52/h1-9,14-15,18-21,24-31,46-47H,10-13,16-17,22-23,32H2. The normalized spacial score (nSPS) is 15.2. The van der Waals surface area contributed by atoms with E-state index in [4.69, 9.17) is 8.39 Å². The van der Waals surface area contributed by atoms with E-state index in [-0.39, 0.29) is 11.3 Å². The third kappa shape index (κ3) is 7.30. The monoisotopic (exact) mass is 795 g/mol. The number of nitrogens with zero attached hydrogens (tertiary/aromatic N) is 1. The second kappa shape index (κ2) is 15.8. The van der Waals surface area contributed by atoms with Gasteiger partial charge in [-0.1, -0.05) is 119 Å². The highest BCUT2D eigenvalue weighted by molar-refractivity contribution is 9.10. The molecule has 9 rings (SSSR count). The first-order chi connectivity index (χ1) is 26.2. The molecule has 0 aliphatic heterocycles. The summed E-state index contributed by atoms with van der Waals surface area (Å²) in [6.07, 6.45) is 9.35. The maximum Gasteiger partial charge on any atom is 0.310 e. The lowest BCUT2D eigenvalue weighted by molar-refractivity contribution is 0.569. The molecule has 6 aromatic carbocycles. The van der Waals surface area contributed by atoms with Crippen LogP contribution in [0.5, 0.6) is 0 Å². The second-order valence-electron chi connectivity index (χ2n) is 14.3. The highest BCUT2D eigenvalue weighted by Gasteiger charge is 2.36. The summed E-state index contributed by atoms with van der Waals surface area (Å²) in [7, 11) is -1.64. The molecule has 0 radical (unpaired) electrons. The Labute approximate surface area is 326 Å². The smallest absolute Gasteiger partial charge is 0.310 e. The maximum absolute atomic E-state index is 7.44. The first-order valence-corrected chi connectivity index (χ1v) is 21.8. The summed E-state index contributed by atoms with van der Waals surface area (Å²) in [6.45, 7) is 0.664. The van der Waals surface area contributed by atoms with Crippen molar-refractivity contribution in [2.45, 2.75) is 74.1 Å². The van der Waals surface area contributed by atoms with E-state index in [0.717, 1.165) is 41.3 Å². The third-order valence-electron chi connectivity index (χ3n) is 10.9. The van der Waals surface area contributed by atoms with Crippen molar-refractivity contribution in [3.63, 3.8) is 0 Å². The van der Waals surface area contributed by atoms with E-state index in [1.165, 1.54) is 80.3 Å². The molecular weight excluding hydrogens is 753 g/mol. The lowest BCUT2D eigenvalue weighted by Gasteiger charge is -2.35. The van der Waals surface area contributed by atoms with Crippen LogP contribution in [0.3, 0.4) is 0 Å². The Morgan fingerprint density at radius 1 is 0.566 bits per heavy atom. The highest BCUT2D eigenvalue weighted by Crippen LogP contribution is 2.53. The van der Waals surface area contributed by atoms with Gasteiger partial charge in [-0.2, -0.15) is 4.67 Å². The number of benzene rings is 6. The maximum atomic E-state index is 7.44. The Morgan fingerprint density at radius 3 is 1.64 bits per heavy atom. The highest BCUT2D eigenvalue weighted by atomic mass is 79.9. The van der Waals surface area contributed by atoms with Gasteiger partial charge in [0.15, 0.2) is 0 Å². The number of aryl methyl sites for hydroxylation is 4. The summed E-state index contributed by atoms with van der Waals surface area (Å²) in [4.78, 5) is 1.21. The fourth-order valence-corrected chi connectivity index (χ4v) is 11.7. The molecule has 0 N–H and O–H groups in total. The van der Waals surface area contributed by atoms with Crippen LogP contribution in [-0.4, -0.2) is 0 Å². The first-order valence-electron chi connectivity index (χ1n) is 19.0. The lowest BCUT2D eigenvalue weighted by Crippen LogP contribution is -2.29. The Hall–Kier alpha value is -3.99. The lowest BCUT2D eigenvalue weighted by atomic mass is 9.84. The van der Waals surface area contributed by atoms with Crippen molar-refractivity contribution in [3.8, 4) is 0 Å². The Kier molecular flexibility index (Phi) is 10.3. The fraction of sp³-hybridized carbons (Fsp3) is 0.234. The predicted molar refractivity (Wildman–Crippen MR) is 226 cm³/mol. The van der Waals surface area contributed by atoms with Crippen molar-refractivity contribution in [1.29, 1.82) is 0 Å². The zero-order valence-electron chi connectivity index (χ0n) is 29.8. The quantitative estimate of drug-likeness (QED) is 0.136. The van der Waals surface area contributed by atoms with Gasteiger partial charge in [-0.15, -0.1) is 11.8 Å². The van der Waals surface area contributed by atoms with E-state index in [0.29, 0.717) is 6.54 Å². The van der Waals surface area contributed by atoms with Crippen molar-refractivity contribution < 1.29 is 8.39 Å². The molecule has 3 nitrogen and oxygen atoms in total. The van der Waals surface area contributed by atoms with Crippen LogP contribution in [0.15, 0.2) is 157 Å². The summed E-state index contributed by atoms with van der Waals surface area (Å²) in [5.41, 5.74) is 11.5. The zero-order chi connectivity index (χ0) is 35.6. The number of halogens is 1. The van der Waals surface area contributed by atoms with E-state index in [2.05, 4.69) is 160 Å². The summed E-state index contributed by atoms with van der Waals surface area (Å²) in [6, 6.07) is 50.7. The number of rotatable bonds is 9. The van der Waals surface area contributed by atoms with Crippen LogP contribution in [0, 0.1) is 0 Å². The summed E-state index contributed by atoms with van der Waals surface area (Å²) >= 11 is 5.57. The molecule has 0 fully saturated rings. The van der Waals surface area contributed by atoms with Gasteiger partial charge < -0.3 is 8.39 Å². The van der Waals surface area contributed by atoms with Gasteiger partial charge in [0.25, 0.3) is 0 Å². The predicted octanol–water partition coefficient (Wildman–Crippen LogP) is 14.2. The molecule has 0 bridgehead atoms. The third-order valence-corrected chi connectivity index (χ3v) is 14.3. The van der Waals surface area contributed by atoms with Crippen molar-refractivity contribution in [2.75, 3.05) is 4.67 Å². The number of fused-ring (bicyclic) bond motifs is 7. The van der Waals surface area contributed by atoms with Crippen LogP contribution in [-0.2, 0) is 32.2 Å². The summed E-state index contributed by atoms with van der Waals surface area (Å²) in [5.74, 6) is 0. The van der Waals surface area contributed by atoms with Gasteiger partial charge in [-0.25, -0.2) is 0 Å². The molecule has 2 aliphatic carbocycles. The molecule has 0 spiro atoms. The van der Waals surface area contributed by atoms with E-state index < -0.39 is 8.16 Å². The van der Waals surface area contributed by atoms with Gasteiger partial charge >= 0.3 is 8.16 Å². The van der Waals surface area contributed by atoms with Crippen LogP contribution in [0.2, 0.25) is 0 Å². The van der Waals surface area contributed by atoms with Crippen LogP contribution in [0.4, 0.5) is 0 Å². The van der Waals surface area contributed by atoms with Crippen LogP contribution < -0.4 is 4.67 Å². The first kappa shape index (κ1) is 34.8. The minimum Gasteiger partial charge on any atom is -0.408 e. The van der Waals surface area contributed by atoms with Crippen molar-refractivity contribution in [1.82, 2.24) is 0 Å². The Balaban J connectivity index is 1.33. The molecule has 2 aliphatic rings. The molecule has 0 amide bonds. The molecule has 53 heavy (non-hydrogen) atoms. The summed E-state index contributed by atoms with van der Waals surface area (Å²) in [5, 5.41) is 2.61. The topological polar surface area (TPSA) is 29.5 Å². The Morgan fingerprint density at radius 2 is 1.08 bits per heavy atom. The van der Waals surface area contributed by atoms with Gasteiger partial charge in [-0.05, 0) is 127 Å². The molecule has 0 saturated heterocycles. The molecular formula is C47H43BrNO2PS. The van der Waals surface area contributed by atoms with Crippen molar-refractivity contribution in [3.05, 3.63) is 183 Å². The largest absolute Gasteiger partial charge is 0.408 e. The van der Waals surface area contributed by atoms with E-state index in [9.17, 15) is 0 Å². The van der Waals surface area contributed by atoms with Gasteiger partial charge in [0, 0.05) is 26.7 Å². The van der Waals surface area contributed by atoms with Crippen molar-refractivity contribution >= 4 is 57.8 Å². The van der Waals surface area contributed by atoms with Gasteiger partial charge in [0.05, 0.1) is 11.3 Å². The van der Waals surface area contributed by atoms with Gasteiger partial charge in [0.1, 0.15) is 11.2 Å². The minimum absolute atomic E-state index is 0.0208. The van der Waals surface area contributed by atoms with Gasteiger partial charge in [-0.3, -0.25) is 0 Å². The molecule has 7 aromatic rings. The second-order valence-corrected chi connectivity index (χ2v) is 17.8. The molecule has 0 saturated carbocycles. The minimum atomic E-state index is -1.64. The SMILES string of the molecule is Brc1ccc(SC(c2ccccc2)C(c2ccccc2)N(Cc2ccccc2)p2oc3ccc4c(c3c3c5c(ccc3o2)CCCC5)CCCC4)cc1. The zero-order valence-corrected chi connectivity index (χ0v) is 33.1. The summed E-state index contributed by atoms with van der Waals surface area (Å²) < 4.78 is 18.5. The van der Waals surface area contributed by atoms with E-state index >= 15 is 0 Å². The molecule has 266 valence electrons. The van der Waals surface area contributed by atoms with Crippen molar-refractivity contribution in [2.24, 2.45) is 0 Å².